The highest BCUT2D eigenvalue weighted by Crippen LogP contribution is 2.21. The summed E-state index contributed by atoms with van der Waals surface area (Å²) in [6.07, 6.45) is 1.43. The second-order valence-corrected chi connectivity index (χ2v) is 5.66. The molecule has 0 saturated carbocycles. The Bertz CT molecular complexity index is 862. The molecule has 134 valence electrons. The van der Waals surface area contributed by atoms with E-state index in [0.717, 1.165) is 0 Å². The monoisotopic (exact) mass is 372 g/mol. The summed E-state index contributed by atoms with van der Waals surface area (Å²) in [6, 6.07) is 10.9. The Morgan fingerprint density at radius 2 is 2.23 bits per heavy atom. The molecule has 0 aliphatic heterocycles. The van der Waals surface area contributed by atoms with Crippen molar-refractivity contribution < 1.29 is 14.3 Å². The van der Waals surface area contributed by atoms with Crippen LogP contribution in [0.4, 0.5) is 0 Å². The van der Waals surface area contributed by atoms with E-state index in [1.54, 1.807) is 31.2 Å². The van der Waals surface area contributed by atoms with Gasteiger partial charge in [-0.1, -0.05) is 29.8 Å². The zero-order valence-corrected chi connectivity index (χ0v) is 15.1. The number of halogens is 1. The van der Waals surface area contributed by atoms with Crippen LogP contribution in [0, 0.1) is 18.3 Å². The van der Waals surface area contributed by atoms with E-state index in [0.29, 0.717) is 21.8 Å². The third-order valence-corrected chi connectivity index (χ3v) is 3.59. The molecule has 2 rings (SSSR count). The fourth-order valence-corrected chi connectivity index (χ4v) is 2.31. The van der Waals surface area contributed by atoms with Crippen molar-refractivity contribution in [3.05, 3.63) is 57.7 Å². The molecule has 7 nitrogen and oxygen atoms in total. The number of methoxy groups -OCH3 is 1. The van der Waals surface area contributed by atoms with E-state index < -0.39 is 5.91 Å². The number of nitrogens with one attached hydrogen (secondary N) is 1. The Kier molecular flexibility index (Phi) is 7.09. The number of benzene rings is 1. The SMILES string of the molecule is COCc1cc(C)nc(OCC(=O)N/N=C\c2ccccc2Cl)c1C#N. The largest absolute Gasteiger partial charge is 0.467 e. The number of pyridine rings is 1. The van der Waals surface area contributed by atoms with Crippen LogP contribution in [0.3, 0.4) is 0 Å². The van der Waals surface area contributed by atoms with Crippen LogP contribution in [-0.4, -0.2) is 30.8 Å². The van der Waals surface area contributed by atoms with Crippen molar-refractivity contribution in [2.24, 2.45) is 5.10 Å². The predicted octanol–water partition coefficient (Wildman–Crippen LogP) is 2.59. The lowest BCUT2D eigenvalue weighted by atomic mass is 10.1. The lowest BCUT2D eigenvalue weighted by molar-refractivity contribution is -0.123. The van der Waals surface area contributed by atoms with E-state index in [9.17, 15) is 10.1 Å². The molecule has 1 N–H and O–H groups in total. The van der Waals surface area contributed by atoms with Crippen molar-refractivity contribution >= 4 is 23.7 Å². The molecule has 1 amide bonds. The van der Waals surface area contributed by atoms with Crippen LogP contribution in [0.15, 0.2) is 35.4 Å². The van der Waals surface area contributed by atoms with Crippen LogP contribution < -0.4 is 10.2 Å². The number of aryl methyl sites for hydroxylation is 1. The van der Waals surface area contributed by atoms with Crippen molar-refractivity contribution in [3.63, 3.8) is 0 Å². The number of nitrogens with zero attached hydrogens (tertiary/aromatic N) is 3. The maximum Gasteiger partial charge on any atom is 0.278 e. The van der Waals surface area contributed by atoms with Gasteiger partial charge in [-0.2, -0.15) is 10.4 Å². The molecule has 1 aromatic carbocycles. The minimum atomic E-state index is -0.492. The van der Waals surface area contributed by atoms with E-state index in [4.69, 9.17) is 21.1 Å². The second kappa shape index (κ2) is 9.51. The van der Waals surface area contributed by atoms with Gasteiger partial charge in [-0.15, -0.1) is 0 Å². The van der Waals surface area contributed by atoms with E-state index in [2.05, 4.69) is 15.5 Å². The van der Waals surface area contributed by atoms with Gasteiger partial charge in [0.2, 0.25) is 5.88 Å². The van der Waals surface area contributed by atoms with Gasteiger partial charge in [0, 0.05) is 29.0 Å². The lowest BCUT2D eigenvalue weighted by Crippen LogP contribution is -2.25. The van der Waals surface area contributed by atoms with Gasteiger partial charge in [0.25, 0.3) is 5.91 Å². The Morgan fingerprint density at radius 1 is 1.46 bits per heavy atom. The zero-order chi connectivity index (χ0) is 18.9. The maximum atomic E-state index is 11.9. The van der Waals surface area contributed by atoms with E-state index in [-0.39, 0.29) is 24.7 Å². The lowest BCUT2D eigenvalue weighted by Gasteiger charge is -2.10. The third kappa shape index (κ3) is 5.28. The molecule has 0 saturated heterocycles. The minimum absolute atomic E-state index is 0.0878. The van der Waals surface area contributed by atoms with Crippen molar-refractivity contribution in [1.29, 1.82) is 5.26 Å². The van der Waals surface area contributed by atoms with Gasteiger partial charge in [0.05, 0.1) is 12.8 Å². The molecule has 0 spiro atoms. The fraction of sp³-hybridized carbons (Fsp3) is 0.222. The van der Waals surface area contributed by atoms with Crippen LogP contribution >= 0.6 is 11.6 Å². The quantitative estimate of drug-likeness (QED) is 0.595. The molecule has 0 unspecified atom stereocenters. The van der Waals surface area contributed by atoms with Gasteiger partial charge in [0.1, 0.15) is 11.6 Å². The molecule has 0 aliphatic rings. The third-order valence-electron chi connectivity index (χ3n) is 3.25. The highest BCUT2D eigenvalue weighted by molar-refractivity contribution is 6.33. The number of carbonyl (C=O) groups excluding carboxylic acids is 1. The summed E-state index contributed by atoms with van der Waals surface area (Å²) in [5.41, 5.74) is 4.55. The molecule has 26 heavy (non-hydrogen) atoms. The Morgan fingerprint density at radius 3 is 2.92 bits per heavy atom. The maximum absolute atomic E-state index is 11.9. The number of hydrogen-bond acceptors (Lipinski definition) is 6. The first-order valence-corrected chi connectivity index (χ1v) is 8.01. The van der Waals surface area contributed by atoms with Gasteiger partial charge < -0.3 is 9.47 Å². The summed E-state index contributed by atoms with van der Waals surface area (Å²) in [7, 11) is 1.53. The van der Waals surface area contributed by atoms with E-state index in [1.807, 2.05) is 12.1 Å². The number of aromatic nitrogens is 1. The average Bonchev–Trinajstić information content (AvgIpc) is 2.61. The number of nitriles is 1. The van der Waals surface area contributed by atoms with Crippen LogP contribution in [0.1, 0.15) is 22.4 Å². The molecular formula is C18H17ClN4O3. The van der Waals surface area contributed by atoms with Crippen LogP contribution in [0.5, 0.6) is 5.88 Å². The topological polar surface area (TPSA) is 96.6 Å². The Balaban J connectivity index is 1.99. The molecule has 0 fully saturated rings. The van der Waals surface area contributed by atoms with Crippen molar-refractivity contribution in [2.75, 3.05) is 13.7 Å². The molecule has 0 radical (unpaired) electrons. The number of carbonyl (C=O) groups is 1. The molecule has 1 aromatic heterocycles. The summed E-state index contributed by atoms with van der Waals surface area (Å²) >= 11 is 5.99. The summed E-state index contributed by atoms with van der Waals surface area (Å²) < 4.78 is 10.5. The highest BCUT2D eigenvalue weighted by atomic mass is 35.5. The summed E-state index contributed by atoms with van der Waals surface area (Å²) in [6.45, 7) is 1.68. The van der Waals surface area contributed by atoms with Crippen LogP contribution in [0.25, 0.3) is 0 Å². The molecule has 2 aromatic rings. The smallest absolute Gasteiger partial charge is 0.278 e. The van der Waals surface area contributed by atoms with E-state index >= 15 is 0 Å². The number of hydrogen-bond donors (Lipinski definition) is 1. The number of hydrazone groups is 1. The summed E-state index contributed by atoms with van der Waals surface area (Å²) in [5.74, 6) is -0.404. The van der Waals surface area contributed by atoms with Crippen molar-refractivity contribution in [2.45, 2.75) is 13.5 Å². The van der Waals surface area contributed by atoms with Gasteiger partial charge in [0.15, 0.2) is 6.61 Å². The molecular weight excluding hydrogens is 356 g/mol. The Labute approximate surface area is 156 Å². The first-order valence-electron chi connectivity index (χ1n) is 7.64. The molecule has 0 aliphatic carbocycles. The molecule has 8 heteroatoms. The second-order valence-electron chi connectivity index (χ2n) is 5.25. The molecule has 0 atom stereocenters. The van der Waals surface area contributed by atoms with Crippen LogP contribution in [0.2, 0.25) is 5.02 Å². The van der Waals surface area contributed by atoms with Crippen molar-refractivity contribution in [1.82, 2.24) is 10.4 Å². The predicted molar refractivity (Wildman–Crippen MR) is 97.1 cm³/mol. The summed E-state index contributed by atoms with van der Waals surface area (Å²) in [5, 5.41) is 13.7. The van der Waals surface area contributed by atoms with Crippen LogP contribution in [-0.2, 0) is 16.1 Å². The van der Waals surface area contributed by atoms with Gasteiger partial charge >= 0.3 is 0 Å². The minimum Gasteiger partial charge on any atom is -0.467 e. The molecule has 1 heterocycles. The fourth-order valence-electron chi connectivity index (χ4n) is 2.12. The molecule has 0 bridgehead atoms. The zero-order valence-electron chi connectivity index (χ0n) is 14.3. The van der Waals surface area contributed by atoms with Gasteiger partial charge in [-0.3, -0.25) is 4.79 Å². The first-order chi connectivity index (χ1) is 12.5. The number of rotatable bonds is 7. The highest BCUT2D eigenvalue weighted by Gasteiger charge is 2.14. The number of amides is 1. The van der Waals surface area contributed by atoms with Gasteiger partial charge in [-0.25, -0.2) is 10.4 Å². The standard InChI is InChI=1S/C18H17ClN4O3/c1-12-7-14(10-25-2)15(8-20)18(22-12)26-11-17(24)23-21-9-13-5-3-4-6-16(13)19/h3-7,9H,10-11H2,1-2H3,(H,23,24)/b21-9-. The van der Waals surface area contributed by atoms with E-state index in [1.165, 1.54) is 13.3 Å². The average molecular weight is 373 g/mol. The normalized spacial score (nSPS) is 10.5. The van der Waals surface area contributed by atoms with Gasteiger partial charge in [-0.05, 0) is 19.1 Å². The number of ether oxygens (including phenoxy) is 2. The Hall–Kier alpha value is -2.95. The van der Waals surface area contributed by atoms with Crippen molar-refractivity contribution in [3.8, 4) is 11.9 Å². The summed E-state index contributed by atoms with van der Waals surface area (Å²) in [4.78, 5) is 16.0. The first kappa shape index (κ1) is 19.4.